The molecule has 32 heavy (non-hydrogen) atoms. The van der Waals surface area contributed by atoms with Crippen molar-refractivity contribution in [2.45, 2.75) is 59.3 Å². The van der Waals surface area contributed by atoms with Gasteiger partial charge in [-0.15, -0.1) is 0 Å². The number of pyridine rings is 1. The van der Waals surface area contributed by atoms with Crippen LogP contribution < -0.4 is 4.57 Å². The van der Waals surface area contributed by atoms with Gasteiger partial charge in [-0.05, 0) is 79.5 Å². The summed E-state index contributed by atoms with van der Waals surface area (Å²) in [4.78, 5) is 0. The van der Waals surface area contributed by atoms with Crippen LogP contribution in [0.4, 0.5) is 0 Å². The Balaban J connectivity index is 1.70. The first-order valence-electron chi connectivity index (χ1n) is 12.0. The van der Waals surface area contributed by atoms with Gasteiger partial charge in [-0.3, -0.25) is 0 Å². The first-order valence-corrected chi connectivity index (χ1v) is 12.0. The molecule has 1 aliphatic carbocycles. The number of aryl methyl sites for hydroxylation is 4. The fraction of sp³-hybridized carbons (Fsp3) is 0.414. The monoisotopic (exact) mass is 425 g/mol. The van der Waals surface area contributed by atoms with E-state index in [1.54, 1.807) is 0 Å². The third-order valence-corrected chi connectivity index (χ3v) is 8.26. The van der Waals surface area contributed by atoms with Gasteiger partial charge in [0.2, 0.25) is 5.52 Å². The Kier molecular flexibility index (Phi) is 4.09. The van der Waals surface area contributed by atoms with Crippen molar-refractivity contribution in [1.29, 1.82) is 0 Å². The van der Waals surface area contributed by atoms with Gasteiger partial charge in [-0.2, -0.15) is 0 Å². The first-order chi connectivity index (χ1) is 15.2. The second-order valence-corrected chi connectivity index (χ2v) is 10.9. The molecule has 0 amide bonds. The van der Waals surface area contributed by atoms with E-state index in [1.165, 1.54) is 75.0 Å². The third-order valence-electron chi connectivity index (χ3n) is 8.26. The van der Waals surface area contributed by atoms with Crippen LogP contribution in [0.2, 0.25) is 0 Å². The van der Waals surface area contributed by atoms with Crippen molar-refractivity contribution in [3.05, 3.63) is 53.3 Å². The van der Waals surface area contributed by atoms with E-state index in [0.29, 0.717) is 11.3 Å². The van der Waals surface area contributed by atoms with Crippen molar-refractivity contribution in [2.24, 2.45) is 19.5 Å². The van der Waals surface area contributed by atoms with Crippen LogP contribution in [0.3, 0.4) is 0 Å². The maximum atomic E-state index is 6.79. The van der Waals surface area contributed by atoms with Gasteiger partial charge in [0.15, 0.2) is 6.20 Å². The van der Waals surface area contributed by atoms with Crippen LogP contribution in [-0.2, 0) is 14.1 Å². The Morgan fingerprint density at radius 2 is 1.78 bits per heavy atom. The van der Waals surface area contributed by atoms with E-state index in [-0.39, 0.29) is 0 Å². The van der Waals surface area contributed by atoms with E-state index in [2.05, 4.69) is 87.6 Å². The second kappa shape index (κ2) is 6.60. The van der Waals surface area contributed by atoms with E-state index < -0.39 is 0 Å². The maximum absolute atomic E-state index is 6.79. The molecule has 0 saturated heterocycles. The number of hydrogen-bond acceptors (Lipinski definition) is 1. The molecule has 0 bridgehead atoms. The van der Waals surface area contributed by atoms with Crippen LogP contribution in [0.25, 0.3) is 43.7 Å². The highest BCUT2D eigenvalue weighted by molar-refractivity contribution is 6.19. The average molecular weight is 426 g/mol. The van der Waals surface area contributed by atoms with Crippen molar-refractivity contribution >= 4 is 43.7 Å². The van der Waals surface area contributed by atoms with Gasteiger partial charge in [-0.25, -0.2) is 4.57 Å². The zero-order chi connectivity index (χ0) is 22.4. The van der Waals surface area contributed by atoms with Crippen molar-refractivity contribution in [3.63, 3.8) is 0 Å². The van der Waals surface area contributed by atoms with Crippen LogP contribution in [0.15, 0.2) is 41.1 Å². The molecule has 2 aromatic carbocycles. The lowest BCUT2D eigenvalue weighted by Crippen LogP contribution is -2.25. The van der Waals surface area contributed by atoms with E-state index in [0.717, 1.165) is 11.2 Å². The summed E-state index contributed by atoms with van der Waals surface area (Å²) in [6.07, 6.45) is 9.51. The maximum Gasteiger partial charge on any atom is 0.219 e. The average Bonchev–Trinajstić information content (AvgIpc) is 3.15. The Morgan fingerprint density at radius 3 is 2.53 bits per heavy atom. The van der Waals surface area contributed by atoms with Gasteiger partial charge in [0.25, 0.3) is 0 Å². The SMILES string of the molecule is Cc1c2cc[n+](C)c2c(C)c2oc3cc(C4CCC(C)(C)CC4)cc4ccn(C)c(c12)c43. The topological polar surface area (TPSA) is 21.9 Å². The Bertz CT molecular complexity index is 1540. The van der Waals surface area contributed by atoms with Gasteiger partial charge >= 0.3 is 0 Å². The second-order valence-electron chi connectivity index (χ2n) is 10.9. The molecule has 6 rings (SSSR count). The Labute approximate surface area is 189 Å². The van der Waals surface area contributed by atoms with Gasteiger partial charge in [0.05, 0.1) is 16.5 Å². The molecule has 1 fully saturated rings. The van der Waals surface area contributed by atoms with Gasteiger partial charge in [-0.1, -0.05) is 19.9 Å². The number of aromatic nitrogens is 2. The molecule has 0 radical (unpaired) electrons. The minimum atomic E-state index is 0.479. The first kappa shape index (κ1) is 19.8. The molecule has 3 aromatic heterocycles. The molecule has 0 N–H and O–H groups in total. The van der Waals surface area contributed by atoms with Crippen molar-refractivity contribution in [2.75, 3.05) is 0 Å². The number of nitrogens with zero attached hydrogens (tertiary/aromatic N) is 2. The Morgan fingerprint density at radius 1 is 1.03 bits per heavy atom. The largest absolute Gasteiger partial charge is 0.455 e. The summed E-state index contributed by atoms with van der Waals surface area (Å²) in [7, 11) is 4.29. The van der Waals surface area contributed by atoms with Crippen molar-refractivity contribution in [3.8, 4) is 0 Å². The molecule has 0 atom stereocenters. The number of fused-ring (bicyclic) bond motifs is 3. The van der Waals surface area contributed by atoms with Crippen molar-refractivity contribution in [1.82, 2.24) is 4.57 Å². The van der Waals surface area contributed by atoms with E-state index in [9.17, 15) is 0 Å². The summed E-state index contributed by atoms with van der Waals surface area (Å²) in [5, 5.41) is 5.11. The van der Waals surface area contributed by atoms with Gasteiger partial charge in [0, 0.05) is 30.1 Å². The van der Waals surface area contributed by atoms with E-state index in [1.807, 2.05) is 0 Å². The normalized spacial score (nSPS) is 17.3. The van der Waals surface area contributed by atoms with Crippen LogP contribution in [-0.4, -0.2) is 4.57 Å². The molecule has 5 aromatic rings. The number of rotatable bonds is 1. The smallest absolute Gasteiger partial charge is 0.219 e. The molecule has 1 aliphatic rings. The highest BCUT2D eigenvalue weighted by Gasteiger charge is 2.29. The predicted molar refractivity (Wildman–Crippen MR) is 133 cm³/mol. The Hall–Kier alpha value is -2.81. The van der Waals surface area contributed by atoms with E-state index in [4.69, 9.17) is 4.42 Å². The predicted octanol–water partition coefficient (Wildman–Crippen LogP) is 7.36. The lowest BCUT2D eigenvalue weighted by atomic mass is 9.71. The van der Waals surface area contributed by atoms with Crippen LogP contribution in [0.5, 0.6) is 0 Å². The zero-order valence-corrected chi connectivity index (χ0v) is 20.2. The van der Waals surface area contributed by atoms with E-state index >= 15 is 0 Å². The lowest BCUT2D eigenvalue weighted by Gasteiger charge is -2.34. The molecule has 0 spiro atoms. The molecule has 1 saturated carbocycles. The molecule has 0 aliphatic heterocycles. The molecule has 3 heteroatoms. The molecule has 3 nitrogen and oxygen atoms in total. The molecular weight excluding hydrogens is 392 g/mol. The van der Waals surface area contributed by atoms with Crippen LogP contribution in [0, 0.1) is 19.3 Å². The highest BCUT2D eigenvalue weighted by Crippen LogP contribution is 2.45. The van der Waals surface area contributed by atoms with Gasteiger partial charge in [0.1, 0.15) is 18.2 Å². The number of hydrogen-bond donors (Lipinski definition) is 0. The lowest BCUT2D eigenvalue weighted by molar-refractivity contribution is -0.642. The third kappa shape index (κ3) is 2.69. The van der Waals surface area contributed by atoms with Crippen LogP contribution in [0.1, 0.15) is 62.1 Å². The standard InChI is InChI=1S/C29H33N2O/c1-17-22-10-14-30(5)26(22)18(2)28-24(17)27-25-20(9-13-31(27)6)15-21(16-23(25)32-28)19-7-11-29(3,4)12-8-19/h9-10,13-16,19H,7-8,11-12H2,1-6H3/q+1. The summed E-state index contributed by atoms with van der Waals surface area (Å²) in [6, 6.07) is 9.28. The van der Waals surface area contributed by atoms with Crippen molar-refractivity contribution < 1.29 is 8.98 Å². The minimum Gasteiger partial charge on any atom is -0.455 e. The molecular formula is C29H33N2O+. The summed E-state index contributed by atoms with van der Waals surface area (Å²) in [6.45, 7) is 9.27. The summed E-state index contributed by atoms with van der Waals surface area (Å²) >= 11 is 0. The molecule has 0 unspecified atom stereocenters. The highest BCUT2D eigenvalue weighted by atomic mass is 16.3. The summed E-state index contributed by atoms with van der Waals surface area (Å²) < 4.78 is 11.3. The number of benzene rings is 2. The quantitative estimate of drug-likeness (QED) is 0.156. The summed E-state index contributed by atoms with van der Waals surface area (Å²) in [5.41, 5.74) is 9.04. The fourth-order valence-corrected chi connectivity index (χ4v) is 6.26. The summed E-state index contributed by atoms with van der Waals surface area (Å²) in [5.74, 6) is 0.629. The molecule has 3 heterocycles. The fourth-order valence-electron chi connectivity index (χ4n) is 6.26. The van der Waals surface area contributed by atoms with Crippen LogP contribution >= 0.6 is 0 Å². The zero-order valence-electron chi connectivity index (χ0n) is 20.2. The van der Waals surface area contributed by atoms with Gasteiger partial charge < -0.3 is 8.98 Å². The minimum absolute atomic E-state index is 0.479. The molecule has 164 valence electrons.